The Kier molecular flexibility index (Phi) is 5.62. The van der Waals surface area contributed by atoms with E-state index in [9.17, 15) is 9.90 Å². The van der Waals surface area contributed by atoms with E-state index in [-0.39, 0.29) is 34.3 Å². The molecule has 0 radical (unpaired) electrons. The van der Waals surface area contributed by atoms with Crippen molar-refractivity contribution in [3.8, 4) is 22.0 Å². The maximum atomic E-state index is 15.9. The summed E-state index contributed by atoms with van der Waals surface area (Å²) in [5.74, 6) is -1.73. The molecule has 3 fully saturated rings. The van der Waals surface area contributed by atoms with Gasteiger partial charge in [-0.2, -0.15) is 0 Å². The fraction of sp³-hybridized carbons (Fsp3) is 0.348. The molecule has 35 heavy (non-hydrogen) atoms. The lowest BCUT2D eigenvalue weighted by Crippen LogP contribution is -2.51. The zero-order valence-corrected chi connectivity index (χ0v) is 20.5. The molecule has 0 spiro atoms. The fourth-order valence-corrected chi connectivity index (χ4v) is 6.64. The van der Waals surface area contributed by atoms with Crippen LogP contribution in [0.1, 0.15) is 25.7 Å². The van der Waals surface area contributed by atoms with Gasteiger partial charge in [-0.05, 0) is 49.7 Å². The van der Waals surface area contributed by atoms with Crippen molar-refractivity contribution >= 4 is 57.5 Å². The lowest BCUT2D eigenvalue weighted by molar-refractivity contribution is -0.148. The number of anilines is 1. The molecule has 4 heterocycles. The first kappa shape index (κ1) is 22.6. The predicted molar refractivity (Wildman–Crippen MR) is 132 cm³/mol. The number of rotatable bonds is 5. The normalized spacial score (nSPS) is 23.6. The van der Waals surface area contributed by atoms with E-state index < -0.39 is 23.7 Å². The molecule has 4 aromatic rings. The Morgan fingerprint density at radius 2 is 1.91 bits per heavy atom. The van der Waals surface area contributed by atoms with E-state index in [4.69, 9.17) is 23.2 Å². The Bertz CT molecular complexity index is 1450. The van der Waals surface area contributed by atoms with Crippen LogP contribution in [0.15, 0.2) is 24.5 Å². The third-order valence-corrected chi connectivity index (χ3v) is 8.48. The minimum absolute atomic E-state index is 0.0392. The van der Waals surface area contributed by atoms with Gasteiger partial charge in [-0.25, -0.2) is 24.3 Å². The highest BCUT2D eigenvalue weighted by Gasteiger charge is 2.47. The Hall–Kier alpha value is -2.82. The Balaban J connectivity index is 1.50. The number of nitrogens with zero attached hydrogens (tertiary/aromatic N) is 4. The van der Waals surface area contributed by atoms with E-state index in [1.807, 2.05) is 0 Å². The minimum atomic E-state index is -0.863. The molecule has 0 amide bonds. The van der Waals surface area contributed by atoms with Crippen molar-refractivity contribution in [2.45, 2.75) is 31.7 Å². The lowest BCUT2D eigenvalue weighted by atomic mass is 9.61. The summed E-state index contributed by atoms with van der Waals surface area (Å²) in [6, 6.07) is 2.95. The molecular weight excluding hydrogens is 514 g/mol. The zero-order valence-electron chi connectivity index (χ0n) is 18.1. The smallest absolute Gasteiger partial charge is 0.308 e. The number of aromatic amines is 1. The number of hydrogen-bond acceptors (Lipinski definition) is 7. The highest BCUT2D eigenvalue weighted by Crippen LogP contribution is 2.47. The molecule has 0 unspecified atom stereocenters. The van der Waals surface area contributed by atoms with E-state index >= 15 is 4.39 Å². The Morgan fingerprint density at radius 1 is 1.14 bits per heavy atom. The third kappa shape index (κ3) is 3.93. The molecule has 4 aromatic heterocycles. The number of hydrogen-bond donors (Lipinski definition) is 3. The number of fused-ring (bicyclic) bond motifs is 4. The topological polar surface area (TPSA) is 117 Å². The molecule has 3 aliphatic carbocycles. The average Bonchev–Trinajstić information content (AvgIpc) is 3.46. The van der Waals surface area contributed by atoms with Gasteiger partial charge in [0.15, 0.2) is 23.1 Å². The second-order valence-electron chi connectivity index (χ2n) is 8.96. The van der Waals surface area contributed by atoms with Gasteiger partial charge in [-0.3, -0.25) is 4.79 Å². The second kappa shape index (κ2) is 8.69. The van der Waals surface area contributed by atoms with Crippen LogP contribution in [0.2, 0.25) is 9.49 Å². The number of carboxylic acids is 1. The molecule has 12 heteroatoms. The third-order valence-electron chi connectivity index (χ3n) is 7.06. The maximum Gasteiger partial charge on any atom is 0.308 e. The van der Waals surface area contributed by atoms with Gasteiger partial charge in [0, 0.05) is 12.2 Å². The van der Waals surface area contributed by atoms with Crippen LogP contribution in [-0.2, 0) is 4.79 Å². The van der Waals surface area contributed by atoms with Gasteiger partial charge in [0.05, 0.1) is 26.9 Å². The molecule has 8 nitrogen and oxygen atoms in total. The summed E-state index contributed by atoms with van der Waals surface area (Å²) < 4.78 is 16.4. The summed E-state index contributed by atoms with van der Waals surface area (Å²) in [7, 11) is 0. The highest BCUT2D eigenvalue weighted by molar-refractivity contribution is 7.19. The number of thiophene rings is 1. The molecule has 3 aliphatic rings. The Labute approximate surface area is 213 Å². The van der Waals surface area contributed by atoms with E-state index in [1.54, 1.807) is 18.3 Å². The van der Waals surface area contributed by atoms with Gasteiger partial charge in [-0.15, -0.1) is 11.3 Å². The number of carboxylic acid groups (broad SMARTS) is 1. The van der Waals surface area contributed by atoms with Crippen LogP contribution in [0.5, 0.6) is 0 Å². The standard InChI is InChI=1S/C23H19Cl2FN6O2S/c24-13-8-28-22-18(29-13)11(7-27-22)20-31-19(12-5-6-14(25)35-12)16(26)21(32-20)30-17-10-3-1-9(2-4-10)15(17)23(33)34/h5-10,15,17H,1-4H2,(H,27,28)(H,33,34)(H,30,31,32)/t9?,10?,15-,17-/m0/s1. The number of carbonyl (C=O) groups is 1. The summed E-state index contributed by atoms with van der Waals surface area (Å²) in [4.78, 5) is 33.3. The van der Waals surface area contributed by atoms with E-state index in [2.05, 4.69) is 30.2 Å². The SMILES string of the molecule is O=C(O)[C@H]1C2CCC(CC2)[C@@H]1Nc1nc(-c2c[nH]c3ncc(Cl)nc23)nc(-c2ccc(Cl)s2)c1F. The summed E-state index contributed by atoms with van der Waals surface area (Å²) in [5, 5.41) is 13.3. The molecule has 0 aromatic carbocycles. The summed E-state index contributed by atoms with van der Waals surface area (Å²) >= 11 is 13.4. The van der Waals surface area contributed by atoms with Crippen molar-refractivity contribution in [3.63, 3.8) is 0 Å². The average molecular weight is 533 g/mol. The van der Waals surface area contributed by atoms with Gasteiger partial charge in [0.2, 0.25) is 0 Å². The number of nitrogens with one attached hydrogen (secondary N) is 2. The van der Waals surface area contributed by atoms with Crippen molar-refractivity contribution in [2.24, 2.45) is 17.8 Å². The van der Waals surface area contributed by atoms with Gasteiger partial charge in [0.1, 0.15) is 16.4 Å². The second-order valence-corrected chi connectivity index (χ2v) is 11.1. The molecule has 0 aliphatic heterocycles. The Morgan fingerprint density at radius 3 is 2.63 bits per heavy atom. The molecule has 3 N–H and O–H groups in total. The van der Waals surface area contributed by atoms with E-state index in [0.717, 1.165) is 25.7 Å². The number of halogens is 3. The van der Waals surface area contributed by atoms with Crippen LogP contribution in [0.4, 0.5) is 10.2 Å². The van der Waals surface area contributed by atoms with Crippen LogP contribution < -0.4 is 5.32 Å². The molecule has 3 saturated carbocycles. The van der Waals surface area contributed by atoms with E-state index in [0.29, 0.717) is 25.9 Å². The van der Waals surface area contributed by atoms with Crippen LogP contribution >= 0.6 is 34.5 Å². The highest BCUT2D eigenvalue weighted by atomic mass is 35.5. The van der Waals surface area contributed by atoms with Crippen LogP contribution in [0.3, 0.4) is 0 Å². The van der Waals surface area contributed by atoms with Gasteiger partial charge in [0.25, 0.3) is 0 Å². The number of aliphatic carboxylic acids is 1. The minimum Gasteiger partial charge on any atom is -0.481 e. The first-order valence-electron chi connectivity index (χ1n) is 11.2. The molecule has 180 valence electrons. The fourth-order valence-electron chi connectivity index (χ4n) is 5.48. The number of aromatic nitrogens is 5. The van der Waals surface area contributed by atoms with Crippen molar-refractivity contribution < 1.29 is 14.3 Å². The van der Waals surface area contributed by atoms with Crippen molar-refractivity contribution in [2.75, 3.05) is 5.32 Å². The van der Waals surface area contributed by atoms with Crippen molar-refractivity contribution in [1.82, 2.24) is 24.9 Å². The molecule has 2 bridgehead atoms. The molecule has 0 saturated heterocycles. The first-order chi connectivity index (χ1) is 16.9. The molecule has 7 rings (SSSR count). The molecular formula is C23H19Cl2FN6O2S. The first-order valence-corrected chi connectivity index (χ1v) is 12.8. The maximum absolute atomic E-state index is 15.9. The monoisotopic (exact) mass is 532 g/mol. The predicted octanol–water partition coefficient (Wildman–Crippen LogP) is 5.89. The summed E-state index contributed by atoms with van der Waals surface area (Å²) in [6.07, 6.45) is 6.65. The zero-order chi connectivity index (χ0) is 24.3. The summed E-state index contributed by atoms with van der Waals surface area (Å²) in [5.41, 5.74) is 1.52. The largest absolute Gasteiger partial charge is 0.481 e. The lowest BCUT2D eigenvalue weighted by Gasteiger charge is -2.47. The van der Waals surface area contributed by atoms with Gasteiger partial charge < -0.3 is 15.4 Å². The van der Waals surface area contributed by atoms with Crippen molar-refractivity contribution in [3.05, 3.63) is 39.8 Å². The van der Waals surface area contributed by atoms with Crippen LogP contribution in [0.25, 0.3) is 33.1 Å². The van der Waals surface area contributed by atoms with Gasteiger partial charge >= 0.3 is 5.97 Å². The summed E-state index contributed by atoms with van der Waals surface area (Å²) in [6.45, 7) is 0. The van der Waals surface area contributed by atoms with Gasteiger partial charge in [-0.1, -0.05) is 23.2 Å². The van der Waals surface area contributed by atoms with Crippen LogP contribution in [-0.4, -0.2) is 42.0 Å². The van der Waals surface area contributed by atoms with Crippen molar-refractivity contribution in [1.29, 1.82) is 0 Å². The van der Waals surface area contributed by atoms with E-state index in [1.165, 1.54) is 17.5 Å². The number of H-pyrrole nitrogens is 1. The van der Waals surface area contributed by atoms with Crippen LogP contribution in [0, 0.1) is 23.6 Å². The quantitative estimate of drug-likeness (QED) is 0.293. The molecule has 2 atom stereocenters.